The molecule has 0 aromatic carbocycles. The lowest BCUT2D eigenvalue weighted by atomic mass is 9.93. The third kappa shape index (κ3) is 4.84. The maximum Gasteiger partial charge on any atom is 0.343 e. The molecule has 19 heavy (non-hydrogen) atoms. The first kappa shape index (κ1) is 17.3. The van der Waals surface area contributed by atoms with Crippen LogP contribution in [0.2, 0.25) is 0 Å². The van der Waals surface area contributed by atoms with Crippen molar-refractivity contribution in [2.75, 3.05) is 19.9 Å². The topological polar surface area (TPSA) is 81.7 Å². The lowest BCUT2D eigenvalue weighted by Crippen LogP contribution is -2.61. The quantitative estimate of drug-likeness (QED) is 0.522. The molecule has 0 rings (SSSR count). The minimum absolute atomic E-state index is 0.0369. The first-order chi connectivity index (χ1) is 8.94. The normalized spacial score (nSPS) is 10.7. The highest BCUT2D eigenvalue weighted by molar-refractivity contribution is 6.07. The number of halogens is 1. The second-order valence-electron chi connectivity index (χ2n) is 3.82. The van der Waals surface area contributed by atoms with Crippen LogP contribution in [0.15, 0.2) is 0 Å². The molecule has 0 fully saturated rings. The predicted molar refractivity (Wildman–Crippen MR) is 65.0 cm³/mol. The van der Waals surface area contributed by atoms with Crippen LogP contribution in [-0.2, 0) is 23.9 Å². The van der Waals surface area contributed by atoms with E-state index in [1.807, 2.05) is 0 Å². The van der Waals surface area contributed by atoms with E-state index in [2.05, 4.69) is 5.32 Å². The highest BCUT2D eigenvalue weighted by Gasteiger charge is 2.49. The zero-order valence-electron chi connectivity index (χ0n) is 11.5. The van der Waals surface area contributed by atoms with Gasteiger partial charge >= 0.3 is 11.9 Å². The Morgan fingerprint density at radius 1 is 1.11 bits per heavy atom. The van der Waals surface area contributed by atoms with Crippen LogP contribution in [0.3, 0.4) is 0 Å². The van der Waals surface area contributed by atoms with E-state index >= 15 is 0 Å². The SMILES string of the molecule is CCOC(=O)C(CCCF)(NC(C)=O)C(=O)OCC. The predicted octanol–water partition coefficient (Wildman–Crippen LogP) is 0.737. The van der Waals surface area contributed by atoms with E-state index in [1.54, 1.807) is 13.8 Å². The Labute approximate surface area is 111 Å². The fourth-order valence-corrected chi connectivity index (χ4v) is 1.59. The average Bonchev–Trinajstić information content (AvgIpc) is 2.34. The van der Waals surface area contributed by atoms with Crippen LogP contribution in [0, 0.1) is 0 Å². The molecule has 0 aliphatic carbocycles. The molecule has 0 aromatic heterocycles. The fourth-order valence-electron chi connectivity index (χ4n) is 1.59. The van der Waals surface area contributed by atoms with Crippen molar-refractivity contribution in [2.45, 2.75) is 39.2 Å². The standard InChI is InChI=1S/C12H20FNO5/c1-4-18-10(16)12(7-6-8-13,14-9(3)15)11(17)19-5-2/h4-8H2,1-3H3,(H,14,15). The van der Waals surface area contributed by atoms with Gasteiger partial charge in [0.05, 0.1) is 19.9 Å². The van der Waals surface area contributed by atoms with E-state index in [9.17, 15) is 18.8 Å². The van der Waals surface area contributed by atoms with Crippen LogP contribution in [0.1, 0.15) is 33.6 Å². The van der Waals surface area contributed by atoms with Crippen molar-refractivity contribution in [3.8, 4) is 0 Å². The summed E-state index contributed by atoms with van der Waals surface area (Å²) in [6, 6.07) is 0. The molecule has 0 bridgehead atoms. The van der Waals surface area contributed by atoms with Gasteiger partial charge in [-0.2, -0.15) is 0 Å². The van der Waals surface area contributed by atoms with Crippen LogP contribution in [0.5, 0.6) is 0 Å². The summed E-state index contributed by atoms with van der Waals surface area (Å²) in [4.78, 5) is 35.1. The molecule has 0 aliphatic heterocycles. The molecule has 0 saturated carbocycles. The summed E-state index contributed by atoms with van der Waals surface area (Å²) in [5, 5.41) is 2.24. The Balaban J connectivity index is 5.35. The minimum atomic E-state index is -1.97. The summed E-state index contributed by atoms with van der Waals surface area (Å²) >= 11 is 0. The Morgan fingerprint density at radius 2 is 1.58 bits per heavy atom. The van der Waals surface area contributed by atoms with Gasteiger partial charge in [0.2, 0.25) is 11.4 Å². The van der Waals surface area contributed by atoms with Gasteiger partial charge in [-0.05, 0) is 26.7 Å². The maximum atomic E-state index is 12.3. The van der Waals surface area contributed by atoms with Crippen molar-refractivity contribution in [3.63, 3.8) is 0 Å². The third-order valence-electron chi connectivity index (χ3n) is 2.32. The first-order valence-corrected chi connectivity index (χ1v) is 6.13. The van der Waals surface area contributed by atoms with Gasteiger partial charge in [-0.15, -0.1) is 0 Å². The Bertz CT molecular complexity index is 314. The molecule has 110 valence electrons. The molecule has 6 nitrogen and oxygen atoms in total. The van der Waals surface area contributed by atoms with E-state index in [4.69, 9.17) is 9.47 Å². The molecule has 0 heterocycles. The van der Waals surface area contributed by atoms with Crippen LogP contribution >= 0.6 is 0 Å². The highest BCUT2D eigenvalue weighted by Crippen LogP contribution is 2.18. The lowest BCUT2D eigenvalue weighted by Gasteiger charge is -2.29. The highest BCUT2D eigenvalue weighted by atomic mass is 19.1. The fraction of sp³-hybridized carbons (Fsp3) is 0.750. The molecule has 0 radical (unpaired) electrons. The van der Waals surface area contributed by atoms with Gasteiger partial charge < -0.3 is 14.8 Å². The number of ether oxygens (including phenoxy) is 2. The molecule has 0 atom stereocenters. The van der Waals surface area contributed by atoms with Gasteiger partial charge in [0.15, 0.2) is 0 Å². The lowest BCUT2D eigenvalue weighted by molar-refractivity contribution is -0.168. The summed E-state index contributed by atoms with van der Waals surface area (Å²) in [6.45, 7) is 3.64. The van der Waals surface area contributed by atoms with Crippen molar-refractivity contribution in [2.24, 2.45) is 0 Å². The summed E-state index contributed by atoms with van der Waals surface area (Å²) in [5.74, 6) is -2.46. The van der Waals surface area contributed by atoms with E-state index in [-0.39, 0.29) is 26.1 Å². The van der Waals surface area contributed by atoms with Crippen molar-refractivity contribution in [1.82, 2.24) is 5.32 Å². The number of hydrogen-bond acceptors (Lipinski definition) is 5. The molecule has 0 unspecified atom stereocenters. The number of rotatable bonds is 8. The van der Waals surface area contributed by atoms with Gasteiger partial charge in [0.25, 0.3) is 0 Å². The van der Waals surface area contributed by atoms with E-state index in [1.165, 1.54) is 0 Å². The van der Waals surface area contributed by atoms with Gasteiger partial charge in [-0.3, -0.25) is 9.18 Å². The van der Waals surface area contributed by atoms with Crippen molar-refractivity contribution in [3.05, 3.63) is 0 Å². The minimum Gasteiger partial charge on any atom is -0.464 e. The van der Waals surface area contributed by atoms with Crippen LogP contribution in [0.4, 0.5) is 4.39 Å². The molecule has 0 aromatic rings. The second kappa shape index (κ2) is 8.44. The van der Waals surface area contributed by atoms with Gasteiger partial charge in [0.1, 0.15) is 0 Å². The smallest absolute Gasteiger partial charge is 0.343 e. The number of esters is 2. The Hall–Kier alpha value is -1.66. The van der Waals surface area contributed by atoms with E-state index in [0.29, 0.717) is 0 Å². The summed E-state index contributed by atoms with van der Waals surface area (Å²) < 4.78 is 21.9. The van der Waals surface area contributed by atoms with Crippen molar-refractivity contribution in [1.29, 1.82) is 0 Å². The molecular weight excluding hydrogens is 257 g/mol. The van der Waals surface area contributed by atoms with Crippen LogP contribution < -0.4 is 5.32 Å². The number of alkyl halides is 1. The summed E-state index contributed by atoms with van der Waals surface area (Å²) in [7, 11) is 0. The van der Waals surface area contributed by atoms with Gasteiger partial charge in [-0.25, -0.2) is 9.59 Å². The average molecular weight is 277 g/mol. The first-order valence-electron chi connectivity index (χ1n) is 6.13. The Morgan fingerprint density at radius 3 is 1.89 bits per heavy atom. The second-order valence-corrected chi connectivity index (χ2v) is 3.82. The van der Waals surface area contributed by atoms with Gasteiger partial charge in [0, 0.05) is 6.92 Å². The molecule has 7 heteroatoms. The monoisotopic (exact) mass is 277 g/mol. The van der Waals surface area contributed by atoms with Crippen LogP contribution in [0.25, 0.3) is 0 Å². The third-order valence-corrected chi connectivity index (χ3v) is 2.32. The number of carbonyl (C=O) groups is 3. The molecule has 1 N–H and O–H groups in total. The molecule has 1 amide bonds. The van der Waals surface area contributed by atoms with Crippen LogP contribution in [-0.4, -0.2) is 43.3 Å². The number of amides is 1. The van der Waals surface area contributed by atoms with E-state index in [0.717, 1.165) is 6.92 Å². The molecule has 0 aliphatic rings. The largest absolute Gasteiger partial charge is 0.464 e. The number of carbonyl (C=O) groups excluding carboxylic acids is 3. The molecule has 0 saturated heterocycles. The maximum absolute atomic E-state index is 12.3. The van der Waals surface area contributed by atoms with Gasteiger partial charge in [-0.1, -0.05) is 0 Å². The summed E-state index contributed by atoms with van der Waals surface area (Å²) in [5.41, 5.74) is -1.97. The summed E-state index contributed by atoms with van der Waals surface area (Å²) in [6.07, 6.45) is -0.279. The molecular formula is C12H20FNO5. The van der Waals surface area contributed by atoms with Crippen molar-refractivity contribution < 1.29 is 28.2 Å². The Kier molecular flexibility index (Phi) is 7.71. The number of hydrogen-bond donors (Lipinski definition) is 1. The zero-order valence-corrected chi connectivity index (χ0v) is 11.5. The number of nitrogens with one attached hydrogen (secondary N) is 1. The van der Waals surface area contributed by atoms with Crippen molar-refractivity contribution >= 4 is 17.8 Å². The van der Waals surface area contributed by atoms with E-state index < -0.39 is 30.1 Å². The molecule has 0 spiro atoms. The zero-order chi connectivity index (χ0) is 14.9.